The van der Waals surface area contributed by atoms with E-state index in [9.17, 15) is 5.21 Å². The molecule has 0 aliphatic heterocycles. The molecule has 1 rings (SSSR count). The van der Waals surface area contributed by atoms with Crippen LogP contribution in [0, 0.1) is 5.21 Å². The van der Waals surface area contributed by atoms with Crippen molar-refractivity contribution in [3.8, 4) is 0 Å². The maximum Gasteiger partial charge on any atom is 0.0218 e. The van der Waals surface area contributed by atoms with Crippen LogP contribution in [-0.4, -0.2) is 10.6 Å². The van der Waals surface area contributed by atoms with Gasteiger partial charge >= 0.3 is 0 Å². The summed E-state index contributed by atoms with van der Waals surface area (Å²) >= 11 is 0. The number of nitrogens with zero attached hydrogens (tertiary/aromatic N) is 1. The maximum atomic E-state index is 11.7. The summed E-state index contributed by atoms with van der Waals surface area (Å²) in [5, 5.41) is 12.7. The number of rotatable bonds is 4. The summed E-state index contributed by atoms with van der Waals surface area (Å²) in [5.74, 6) is 0. The molecule has 1 aromatic carbocycles. The normalized spacial score (nSPS) is 11.7. The van der Waals surface area contributed by atoms with Crippen LogP contribution < -0.4 is 0 Å². The van der Waals surface area contributed by atoms with Gasteiger partial charge in [-0.05, 0) is 19.4 Å². The number of hydroxylamine groups is 2. The van der Waals surface area contributed by atoms with E-state index < -0.39 is 5.54 Å². The third kappa shape index (κ3) is 2.69. The largest absolute Gasteiger partial charge is 0.784 e. The lowest BCUT2D eigenvalue weighted by Gasteiger charge is -2.42. The molecule has 0 radical (unpaired) electrons. The average Bonchev–Trinajstić information content (AvgIpc) is 2.19. The van der Waals surface area contributed by atoms with Crippen molar-refractivity contribution in [2.75, 3.05) is 0 Å². The number of hydrogen-bond donors (Lipinski definition) is 0. The first-order valence-electron chi connectivity index (χ1n) is 4.68. The van der Waals surface area contributed by atoms with Crippen molar-refractivity contribution in [3.63, 3.8) is 0 Å². The molecular formula is C12H16NO-. The molecule has 0 saturated heterocycles. The van der Waals surface area contributed by atoms with Crippen LogP contribution in [0.5, 0.6) is 0 Å². The van der Waals surface area contributed by atoms with E-state index in [2.05, 4.69) is 6.58 Å². The minimum absolute atomic E-state index is 0.403. The Bertz CT molecular complexity index is 292. The molecule has 0 aromatic heterocycles. The minimum atomic E-state index is -0.504. The molecule has 14 heavy (non-hydrogen) atoms. The molecule has 0 aliphatic carbocycles. The zero-order valence-corrected chi connectivity index (χ0v) is 8.73. The van der Waals surface area contributed by atoms with Crippen LogP contribution in [0.4, 0.5) is 0 Å². The maximum absolute atomic E-state index is 11.7. The predicted molar refractivity (Wildman–Crippen MR) is 59.6 cm³/mol. The summed E-state index contributed by atoms with van der Waals surface area (Å²) in [6.45, 7) is 7.77. The summed E-state index contributed by atoms with van der Waals surface area (Å²) in [6, 6.07) is 9.71. The zero-order chi connectivity index (χ0) is 10.6. The van der Waals surface area contributed by atoms with Gasteiger partial charge in [0.15, 0.2) is 0 Å². The molecule has 0 amide bonds. The van der Waals surface area contributed by atoms with Gasteiger partial charge in [-0.15, -0.1) is 6.58 Å². The van der Waals surface area contributed by atoms with Gasteiger partial charge in [0.1, 0.15) is 0 Å². The van der Waals surface area contributed by atoms with Crippen LogP contribution in [0.1, 0.15) is 19.4 Å². The fourth-order valence-corrected chi connectivity index (χ4v) is 1.05. The van der Waals surface area contributed by atoms with E-state index in [1.807, 2.05) is 44.2 Å². The van der Waals surface area contributed by atoms with Crippen LogP contribution in [0.3, 0.4) is 0 Å². The first-order valence-corrected chi connectivity index (χ1v) is 4.68. The molecule has 0 atom stereocenters. The number of hydrogen-bond acceptors (Lipinski definition) is 2. The highest BCUT2D eigenvalue weighted by atomic mass is 16.5. The third-order valence-corrected chi connectivity index (χ3v) is 2.31. The van der Waals surface area contributed by atoms with E-state index >= 15 is 0 Å². The molecule has 0 fully saturated rings. The second-order valence-corrected chi connectivity index (χ2v) is 3.88. The molecule has 0 bridgehead atoms. The Balaban J connectivity index is 2.66. The van der Waals surface area contributed by atoms with Gasteiger partial charge in [0.25, 0.3) is 0 Å². The average molecular weight is 190 g/mol. The molecule has 0 unspecified atom stereocenters. The van der Waals surface area contributed by atoms with Gasteiger partial charge in [-0.25, -0.2) is 0 Å². The summed E-state index contributed by atoms with van der Waals surface area (Å²) in [7, 11) is 0. The van der Waals surface area contributed by atoms with Crippen molar-refractivity contribution in [2.45, 2.75) is 25.9 Å². The quantitative estimate of drug-likeness (QED) is 0.539. The SMILES string of the molecule is C=CC(C)(C)N([O-])Cc1ccccc1. The lowest BCUT2D eigenvalue weighted by Crippen LogP contribution is -2.36. The molecule has 76 valence electrons. The van der Waals surface area contributed by atoms with Crippen LogP contribution in [0.15, 0.2) is 43.0 Å². The summed E-state index contributed by atoms with van der Waals surface area (Å²) < 4.78 is 0. The predicted octanol–water partition coefficient (Wildman–Crippen LogP) is 2.95. The van der Waals surface area contributed by atoms with Crippen molar-refractivity contribution < 1.29 is 0 Å². The molecule has 0 saturated carbocycles. The van der Waals surface area contributed by atoms with Crippen molar-refractivity contribution in [3.05, 3.63) is 53.8 Å². The molecule has 0 aliphatic rings. The Kier molecular flexibility index (Phi) is 3.44. The highest BCUT2D eigenvalue weighted by Gasteiger charge is 2.14. The molecule has 0 spiro atoms. The summed E-state index contributed by atoms with van der Waals surface area (Å²) in [4.78, 5) is 0. The van der Waals surface area contributed by atoms with Crippen LogP contribution in [0.2, 0.25) is 0 Å². The standard InChI is InChI=1S/C12H16NO/c1-4-12(2,3)13(14)10-11-8-6-5-7-9-11/h4-9H,1,10H2,2-3H3/q-1. The van der Waals surface area contributed by atoms with Crippen molar-refractivity contribution in [1.82, 2.24) is 5.06 Å². The molecule has 0 heterocycles. The van der Waals surface area contributed by atoms with E-state index in [4.69, 9.17) is 0 Å². The molecule has 2 nitrogen and oxygen atoms in total. The van der Waals surface area contributed by atoms with Gasteiger partial charge < -0.3 is 10.3 Å². The van der Waals surface area contributed by atoms with Crippen LogP contribution in [0.25, 0.3) is 0 Å². The van der Waals surface area contributed by atoms with Gasteiger partial charge in [-0.3, -0.25) is 0 Å². The lowest BCUT2D eigenvalue weighted by molar-refractivity contribution is 0.230. The highest BCUT2D eigenvalue weighted by molar-refractivity contribution is 5.15. The van der Waals surface area contributed by atoms with Gasteiger partial charge in [0.2, 0.25) is 0 Å². The third-order valence-electron chi connectivity index (χ3n) is 2.31. The fraction of sp³-hybridized carbons (Fsp3) is 0.333. The second-order valence-electron chi connectivity index (χ2n) is 3.88. The van der Waals surface area contributed by atoms with E-state index in [0.29, 0.717) is 6.54 Å². The highest BCUT2D eigenvalue weighted by Crippen LogP contribution is 2.17. The smallest absolute Gasteiger partial charge is 0.0218 e. The lowest BCUT2D eigenvalue weighted by atomic mass is 10.0. The van der Waals surface area contributed by atoms with Crippen molar-refractivity contribution in [1.29, 1.82) is 0 Å². The number of benzene rings is 1. The van der Waals surface area contributed by atoms with E-state index in [0.717, 1.165) is 10.6 Å². The zero-order valence-electron chi connectivity index (χ0n) is 8.73. The summed E-state index contributed by atoms with van der Waals surface area (Å²) in [5.41, 5.74) is 0.521. The first kappa shape index (κ1) is 11.0. The Morgan fingerprint density at radius 1 is 1.36 bits per heavy atom. The molecule has 0 N–H and O–H groups in total. The van der Waals surface area contributed by atoms with Crippen molar-refractivity contribution in [2.24, 2.45) is 0 Å². The van der Waals surface area contributed by atoms with Gasteiger partial charge in [-0.2, -0.15) is 0 Å². The first-order chi connectivity index (χ1) is 6.56. The van der Waals surface area contributed by atoms with E-state index in [1.165, 1.54) is 0 Å². The van der Waals surface area contributed by atoms with E-state index in [-0.39, 0.29) is 0 Å². The molecular weight excluding hydrogens is 174 g/mol. The van der Waals surface area contributed by atoms with Gasteiger partial charge in [-0.1, -0.05) is 36.4 Å². The molecule has 2 heteroatoms. The van der Waals surface area contributed by atoms with E-state index in [1.54, 1.807) is 6.08 Å². The summed E-state index contributed by atoms with van der Waals surface area (Å²) in [6.07, 6.45) is 1.67. The minimum Gasteiger partial charge on any atom is -0.784 e. The topological polar surface area (TPSA) is 26.3 Å². The Morgan fingerprint density at radius 2 is 1.93 bits per heavy atom. The van der Waals surface area contributed by atoms with Gasteiger partial charge in [0, 0.05) is 12.1 Å². The molecule has 1 aromatic rings. The monoisotopic (exact) mass is 190 g/mol. The van der Waals surface area contributed by atoms with Crippen LogP contribution in [-0.2, 0) is 6.54 Å². The Labute approximate surface area is 85.4 Å². The Hall–Kier alpha value is -1.12. The van der Waals surface area contributed by atoms with Crippen LogP contribution >= 0.6 is 0 Å². The Morgan fingerprint density at radius 3 is 2.43 bits per heavy atom. The van der Waals surface area contributed by atoms with Gasteiger partial charge in [0.05, 0.1) is 0 Å². The second kappa shape index (κ2) is 4.40. The fourth-order valence-electron chi connectivity index (χ4n) is 1.05. The van der Waals surface area contributed by atoms with Crippen molar-refractivity contribution >= 4 is 0 Å².